The number of likely N-dealkylation sites (tertiary alicyclic amines) is 1. The van der Waals surface area contributed by atoms with Gasteiger partial charge in [0.05, 0.1) is 12.6 Å². The van der Waals surface area contributed by atoms with E-state index in [1.165, 1.54) is 6.42 Å². The molecule has 0 saturated carbocycles. The Kier molecular flexibility index (Phi) is 5.22. The van der Waals surface area contributed by atoms with Crippen LogP contribution >= 0.6 is 0 Å². The van der Waals surface area contributed by atoms with Crippen LogP contribution in [0.25, 0.3) is 0 Å². The lowest BCUT2D eigenvalue weighted by Gasteiger charge is -2.38. The lowest BCUT2D eigenvalue weighted by Crippen LogP contribution is -2.50. The molecule has 4 heteroatoms. The lowest BCUT2D eigenvalue weighted by molar-refractivity contribution is -0.150. The first kappa shape index (κ1) is 13.5. The van der Waals surface area contributed by atoms with Gasteiger partial charge in [-0.15, -0.1) is 0 Å². The number of carbonyl (C=O) groups excluding carboxylic acids is 1. The van der Waals surface area contributed by atoms with Crippen LogP contribution in [0.3, 0.4) is 0 Å². The van der Waals surface area contributed by atoms with E-state index in [1.54, 1.807) is 0 Å². The standard InChI is InChI=1S/C12H24N2O2/c1-9(2)16-12(15)8-14-6-4-5-10(3)11(14)7-13/h9-11H,4-8,13H2,1-3H3. The molecule has 1 aliphatic heterocycles. The van der Waals surface area contributed by atoms with Crippen LogP contribution in [0.5, 0.6) is 0 Å². The van der Waals surface area contributed by atoms with E-state index < -0.39 is 0 Å². The Balaban J connectivity index is 2.47. The average molecular weight is 228 g/mol. The fourth-order valence-electron chi connectivity index (χ4n) is 2.38. The minimum absolute atomic E-state index is 0.0361. The molecule has 0 radical (unpaired) electrons. The van der Waals surface area contributed by atoms with Gasteiger partial charge in [-0.2, -0.15) is 0 Å². The lowest BCUT2D eigenvalue weighted by atomic mass is 9.91. The fraction of sp³-hybridized carbons (Fsp3) is 0.917. The van der Waals surface area contributed by atoms with Crippen molar-refractivity contribution in [1.82, 2.24) is 4.90 Å². The second-order valence-corrected chi connectivity index (χ2v) is 4.93. The smallest absolute Gasteiger partial charge is 0.320 e. The Morgan fingerprint density at radius 1 is 1.56 bits per heavy atom. The molecular formula is C12H24N2O2. The summed E-state index contributed by atoms with van der Waals surface area (Å²) in [6, 6.07) is 0.327. The van der Waals surface area contributed by atoms with Crippen molar-refractivity contribution < 1.29 is 9.53 Å². The van der Waals surface area contributed by atoms with Crippen LogP contribution in [-0.2, 0) is 9.53 Å². The van der Waals surface area contributed by atoms with Gasteiger partial charge in [-0.3, -0.25) is 9.69 Å². The van der Waals surface area contributed by atoms with Crippen LogP contribution in [0, 0.1) is 5.92 Å². The quantitative estimate of drug-likeness (QED) is 0.729. The van der Waals surface area contributed by atoms with E-state index in [0.29, 0.717) is 25.0 Å². The Morgan fingerprint density at radius 3 is 2.81 bits per heavy atom. The van der Waals surface area contributed by atoms with Gasteiger partial charge in [0.1, 0.15) is 0 Å². The van der Waals surface area contributed by atoms with E-state index in [-0.39, 0.29) is 12.1 Å². The third kappa shape index (κ3) is 3.76. The molecule has 2 N–H and O–H groups in total. The average Bonchev–Trinajstić information content (AvgIpc) is 2.16. The first-order valence-corrected chi connectivity index (χ1v) is 6.18. The van der Waals surface area contributed by atoms with Gasteiger partial charge in [-0.25, -0.2) is 0 Å². The highest BCUT2D eigenvalue weighted by molar-refractivity contribution is 5.71. The Bertz CT molecular complexity index is 231. The topological polar surface area (TPSA) is 55.6 Å². The molecule has 0 amide bonds. The van der Waals surface area contributed by atoms with Gasteiger partial charge < -0.3 is 10.5 Å². The van der Waals surface area contributed by atoms with Crippen LogP contribution in [0.15, 0.2) is 0 Å². The van der Waals surface area contributed by atoms with Gasteiger partial charge in [0, 0.05) is 12.6 Å². The third-order valence-corrected chi connectivity index (χ3v) is 3.17. The van der Waals surface area contributed by atoms with Gasteiger partial charge in [0.15, 0.2) is 0 Å². The number of nitrogens with two attached hydrogens (primary N) is 1. The van der Waals surface area contributed by atoms with Gasteiger partial charge in [-0.1, -0.05) is 6.92 Å². The van der Waals surface area contributed by atoms with Crippen molar-refractivity contribution in [3.8, 4) is 0 Å². The summed E-state index contributed by atoms with van der Waals surface area (Å²) in [6.45, 7) is 7.91. The second-order valence-electron chi connectivity index (χ2n) is 4.93. The molecule has 94 valence electrons. The maximum atomic E-state index is 11.6. The molecule has 16 heavy (non-hydrogen) atoms. The Morgan fingerprint density at radius 2 is 2.25 bits per heavy atom. The zero-order valence-electron chi connectivity index (χ0n) is 10.6. The summed E-state index contributed by atoms with van der Waals surface area (Å²) >= 11 is 0. The second kappa shape index (κ2) is 6.21. The van der Waals surface area contributed by atoms with Crippen LogP contribution in [0.1, 0.15) is 33.6 Å². The molecule has 2 atom stereocenters. The summed E-state index contributed by atoms with van der Waals surface area (Å²) in [7, 11) is 0. The summed E-state index contributed by atoms with van der Waals surface area (Å²) < 4.78 is 5.16. The SMILES string of the molecule is CC(C)OC(=O)CN1CCCC(C)C1CN. The van der Waals surface area contributed by atoms with Gasteiger partial charge in [0.25, 0.3) is 0 Å². The predicted octanol–water partition coefficient (Wildman–Crippen LogP) is 0.997. The van der Waals surface area contributed by atoms with Crippen molar-refractivity contribution in [2.45, 2.75) is 45.8 Å². The van der Waals surface area contributed by atoms with Crippen LogP contribution in [-0.4, -0.2) is 42.6 Å². The van der Waals surface area contributed by atoms with E-state index in [9.17, 15) is 4.79 Å². The first-order valence-electron chi connectivity index (χ1n) is 6.18. The summed E-state index contributed by atoms with van der Waals surface area (Å²) in [5.74, 6) is 0.438. The van der Waals surface area contributed by atoms with E-state index in [4.69, 9.17) is 10.5 Å². The minimum atomic E-state index is -0.137. The zero-order chi connectivity index (χ0) is 12.1. The fourth-order valence-corrected chi connectivity index (χ4v) is 2.38. The number of ether oxygens (including phenoxy) is 1. The van der Waals surface area contributed by atoms with E-state index in [2.05, 4.69) is 11.8 Å². The first-order chi connectivity index (χ1) is 7.54. The summed E-state index contributed by atoms with van der Waals surface area (Å²) in [6.07, 6.45) is 2.32. The van der Waals surface area contributed by atoms with Gasteiger partial charge in [0.2, 0.25) is 0 Å². The molecule has 0 bridgehead atoms. The molecule has 0 spiro atoms. The highest BCUT2D eigenvalue weighted by Crippen LogP contribution is 2.22. The number of rotatable bonds is 4. The molecular weight excluding hydrogens is 204 g/mol. The number of hydrogen-bond donors (Lipinski definition) is 1. The van der Waals surface area contributed by atoms with Gasteiger partial charge >= 0.3 is 5.97 Å². The largest absolute Gasteiger partial charge is 0.462 e. The minimum Gasteiger partial charge on any atom is -0.462 e. The Hall–Kier alpha value is -0.610. The van der Waals surface area contributed by atoms with E-state index in [0.717, 1.165) is 13.0 Å². The number of hydrogen-bond acceptors (Lipinski definition) is 4. The van der Waals surface area contributed by atoms with Crippen molar-refractivity contribution >= 4 is 5.97 Å². The molecule has 2 unspecified atom stereocenters. The molecule has 1 saturated heterocycles. The molecule has 1 fully saturated rings. The van der Waals surface area contributed by atoms with Gasteiger partial charge in [-0.05, 0) is 39.2 Å². The number of piperidine rings is 1. The molecule has 0 aromatic carbocycles. The van der Waals surface area contributed by atoms with Crippen molar-refractivity contribution in [2.75, 3.05) is 19.6 Å². The van der Waals surface area contributed by atoms with Crippen molar-refractivity contribution in [3.05, 3.63) is 0 Å². The van der Waals surface area contributed by atoms with Crippen molar-refractivity contribution in [3.63, 3.8) is 0 Å². The monoisotopic (exact) mass is 228 g/mol. The highest BCUT2D eigenvalue weighted by atomic mass is 16.5. The van der Waals surface area contributed by atoms with Crippen molar-refractivity contribution in [1.29, 1.82) is 0 Å². The van der Waals surface area contributed by atoms with E-state index in [1.807, 2.05) is 13.8 Å². The summed E-state index contributed by atoms with van der Waals surface area (Å²) in [5.41, 5.74) is 5.77. The molecule has 0 aliphatic carbocycles. The van der Waals surface area contributed by atoms with E-state index >= 15 is 0 Å². The number of esters is 1. The zero-order valence-corrected chi connectivity index (χ0v) is 10.6. The van der Waals surface area contributed by atoms with Crippen molar-refractivity contribution in [2.24, 2.45) is 11.7 Å². The Labute approximate surface area is 98.1 Å². The maximum absolute atomic E-state index is 11.6. The normalized spacial score (nSPS) is 27.1. The predicted molar refractivity (Wildman–Crippen MR) is 64.0 cm³/mol. The van der Waals surface area contributed by atoms with Crippen LogP contribution < -0.4 is 5.73 Å². The molecule has 1 rings (SSSR count). The third-order valence-electron chi connectivity index (χ3n) is 3.17. The summed E-state index contributed by atoms with van der Waals surface area (Å²) in [4.78, 5) is 13.8. The summed E-state index contributed by atoms with van der Waals surface area (Å²) in [5, 5.41) is 0. The maximum Gasteiger partial charge on any atom is 0.320 e. The molecule has 0 aromatic rings. The molecule has 4 nitrogen and oxygen atoms in total. The molecule has 1 aliphatic rings. The van der Waals surface area contributed by atoms with Crippen LogP contribution in [0.2, 0.25) is 0 Å². The number of nitrogens with zero attached hydrogens (tertiary/aromatic N) is 1. The highest BCUT2D eigenvalue weighted by Gasteiger charge is 2.28. The molecule has 0 aromatic heterocycles. The van der Waals surface area contributed by atoms with Crippen LogP contribution in [0.4, 0.5) is 0 Å². The molecule has 1 heterocycles. The number of carbonyl (C=O) groups is 1.